The number of hydrogen-bond acceptors (Lipinski definition) is 1. The van der Waals surface area contributed by atoms with E-state index in [0.717, 1.165) is 6.42 Å². The number of allylic oxidation sites excluding steroid dienone is 2. The van der Waals surface area contributed by atoms with Crippen LogP contribution in [-0.4, -0.2) is 5.78 Å². The Kier molecular flexibility index (Phi) is 4.51. The molecule has 0 radical (unpaired) electrons. The highest BCUT2D eigenvalue weighted by molar-refractivity contribution is 5.85. The molecule has 9 unspecified atom stereocenters. The molecule has 0 aromatic heterocycles. The van der Waals surface area contributed by atoms with Gasteiger partial charge in [-0.15, -0.1) is 0 Å². The first-order valence-corrected chi connectivity index (χ1v) is 13.5. The van der Waals surface area contributed by atoms with Gasteiger partial charge in [-0.25, -0.2) is 0 Å². The molecule has 5 aliphatic carbocycles. The van der Waals surface area contributed by atoms with Gasteiger partial charge in [0.15, 0.2) is 0 Å². The van der Waals surface area contributed by atoms with Crippen LogP contribution in [0.5, 0.6) is 0 Å². The summed E-state index contributed by atoms with van der Waals surface area (Å²) >= 11 is 0. The number of ketones is 1. The van der Waals surface area contributed by atoms with Gasteiger partial charge < -0.3 is 0 Å². The zero-order valence-electron chi connectivity index (χ0n) is 21.7. The molecule has 1 nitrogen and oxygen atoms in total. The summed E-state index contributed by atoms with van der Waals surface area (Å²) in [4.78, 5) is 14.2. The minimum atomic E-state index is -0.00328. The molecule has 0 bridgehead atoms. The van der Waals surface area contributed by atoms with Crippen molar-refractivity contribution in [2.75, 3.05) is 0 Å². The third-order valence-electron chi connectivity index (χ3n) is 12.9. The van der Waals surface area contributed by atoms with E-state index in [1.54, 1.807) is 0 Å². The molecule has 0 saturated heterocycles. The second-order valence-electron chi connectivity index (χ2n) is 14.9. The summed E-state index contributed by atoms with van der Waals surface area (Å²) in [5, 5.41) is 0. The van der Waals surface area contributed by atoms with Crippen LogP contribution < -0.4 is 0 Å². The molecule has 4 fully saturated rings. The lowest BCUT2D eigenvalue weighted by Crippen LogP contribution is -2.68. The van der Waals surface area contributed by atoms with Crippen LogP contribution >= 0.6 is 0 Å². The van der Waals surface area contributed by atoms with Crippen molar-refractivity contribution >= 4 is 5.78 Å². The minimum absolute atomic E-state index is 0.00328. The Labute approximate surface area is 192 Å². The van der Waals surface area contributed by atoms with Gasteiger partial charge in [-0.05, 0) is 83.4 Å². The molecule has 0 aromatic carbocycles. The van der Waals surface area contributed by atoms with Crippen LogP contribution in [0.4, 0.5) is 0 Å². The van der Waals surface area contributed by atoms with Crippen molar-refractivity contribution < 1.29 is 4.79 Å². The summed E-state index contributed by atoms with van der Waals surface area (Å²) in [6.07, 6.45) is 16.5. The van der Waals surface area contributed by atoms with E-state index in [0.29, 0.717) is 34.4 Å². The van der Waals surface area contributed by atoms with E-state index >= 15 is 0 Å². The first kappa shape index (κ1) is 22.2. The molecular formula is C30H48O. The molecule has 5 rings (SSSR count). The van der Waals surface area contributed by atoms with Crippen LogP contribution in [0.1, 0.15) is 113 Å². The fourth-order valence-corrected chi connectivity index (χ4v) is 10.5. The molecule has 31 heavy (non-hydrogen) atoms. The van der Waals surface area contributed by atoms with E-state index in [1.165, 1.54) is 51.4 Å². The molecule has 0 heterocycles. The van der Waals surface area contributed by atoms with Gasteiger partial charge >= 0.3 is 0 Å². The normalized spacial score (nSPS) is 58.0. The van der Waals surface area contributed by atoms with Crippen molar-refractivity contribution in [3.63, 3.8) is 0 Å². The summed E-state index contributed by atoms with van der Waals surface area (Å²) in [6.45, 7) is 20.1. The highest BCUT2D eigenvalue weighted by atomic mass is 16.1. The highest BCUT2D eigenvalue weighted by Gasteiger charge is 2.71. The standard InChI is InChI=1S/C30H48O/c1-20-10-9-11-22-27(5)15-17-29(7)23-19-25(2,3)12-13-26(23,4)14-16-30(29,8)24(27)21(31)18-28(20,22)6/h14,16,20,22-24H,9-13,15,17-19H2,1-8H3. The fourth-order valence-electron chi connectivity index (χ4n) is 10.5. The van der Waals surface area contributed by atoms with Crippen LogP contribution in [0.2, 0.25) is 0 Å². The van der Waals surface area contributed by atoms with Crippen molar-refractivity contribution in [3.8, 4) is 0 Å². The van der Waals surface area contributed by atoms with Gasteiger partial charge in [0.05, 0.1) is 0 Å². The quantitative estimate of drug-likeness (QED) is 0.358. The SMILES string of the molecule is CC1CCCC2C1(C)CC(=O)C1C2(C)CCC2(C)C3CC(C)(C)CCC3(C)C=CC12C. The second-order valence-corrected chi connectivity index (χ2v) is 14.9. The zero-order chi connectivity index (χ0) is 22.7. The van der Waals surface area contributed by atoms with Gasteiger partial charge in [-0.2, -0.15) is 0 Å². The summed E-state index contributed by atoms with van der Waals surface area (Å²) in [5.74, 6) is 2.88. The van der Waals surface area contributed by atoms with Crippen LogP contribution in [0.15, 0.2) is 12.2 Å². The van der Waals surface area contributed by atoms with Gasteiger partial charge in [0.2, 0.25) is 0 Å². The maximum Gasteiger partial charge on any atom is 0.137 e. The van der Waals surface area contributed by atoms with Gasteiger partial charge in [0.1, 0.15) is 5.78 Å². The smallest absolute Gasteiger partial charge is 0.137 e. The lowest BCUT2D eigenvalue weighted by atomic mass is 9.31. The van der Waals surface area contributed by atoms with Gasteiger partial charge in [-0.3, -0.25) is 4.79 Å². The molecule has 1 heteroatoms. The molecule has 5 aliphatic rings. The third-order valence-corrected chi connectivity index (χ3v) is 12.9. The number of Topliss-reactive ketones (excluding diaryl/α,β-unsaturated/α-hetero) is 1. The largest absolute Gasteiger partial charge is 0.299 e. The first-order chi connectivity index (χ1) is 14.2. The zero-order valence-corrected chi connectivity index (χ0v) is 21.7. The summed E-state index contributed by atoms with van der Waals surface area (Å²) in [5.41, 5.74) is 1.33. The summed E-state index contributed by atoms with van der Waals surface area (Å²) in [6, 6.07) is 0. The van der Waals surface area contributed by atoms with Crippen molar-refractivity contribution in [3.05, 3.63) is 12.2 Å². The molecule has 0 aromatic rings. The lowest BCUT2D eigenvalue weighted by Gasteiger charge is -2.72. The van der Waals surface area contributed by atoms with Gasteiger partial charge in [0.25, 0.3) is 0 Å². The number of hydrogen-bond donors (Lipinski definition) is 0. The predicted octanol–water partition coefficient (Wildman–Crippen LogP) is 8.23. The monoisotopic (exact) mass is 424 g/mol. The Morgan fingerprint density at radius 3 is 2.23 bits per heavy atom. The Morgan fingerprint density at radius 1 is 0.806 bits per heavy atom. The van der Waals surface area contributed by atoms with Crippen molar-refractivity contribution in [2.24, 2.45) is 56.2 Å². The third kappa shape index (κ3) is 2.64. The van der Waals surface area contributed by atoms with Crippen LogP contribution in [0.25, 0.3) is 0 Å². The molecular weight excluding hydrogens is 376 g/mol. The highest BCUT2D eigenvalue weighted by Crippen LogP contribution is 2.76. The maximum atomic E-state index is 14.2. The molecule has 4 saturated carbocycles. The Morgan fingerprint density at radius 2 is 1.52 bits per heavy atom. The van der Waals surface area contributed by atoms with E-state index in [2.05, 4.69) is 67.5 Å². The van der Waals surface area contributed by atoms with Crippen LogP contribution in [0, 0.1) is 56.2 Å². The van der Waals surface area contributed by atoms with E-state index < -0.39 is 0 Å². The predicted molar refractivity (Wildman–Crippen MR) is 130 cm³/mol. The van der Waals surface area contributed by atoms with Crippen LogP contribution in [0.3, 0.4) is 0 Å². The fraction of sp³-hybridized carbons (Fsp3) is 0.900. The molecule has 0 aliphatic heterocycles. The topological polar surface area (TPSA) is 17.1 Å². The van der Waals surface area contributed by atoms with Crippen molar-refractivity contribution in [2.45, 2.75) is 113 Å². The van der Waals surface area contributed by atoms with E-state index in [-0.39, 0.29) is 27.6 Å². The van der Waals surface area contributed by atoms with Crippen molar-refractivity contribution in [1.29, 1.82) is 0 Å². The number of carbonyl (C=O) groups is 1. The second kappa shape index (κ2) is 6.29. The summed E-state index contributed by atoms with van der Waals surface area (Å²) < 4.78 is 0. The van der Waals surface area contributed by atoms with Gasteiger partial charge in [0, 0.05) is 17.8 Å². The van der Waals surface area contributed by atoms with E-state index in [9.17, 15) is 4.79 Å². The van der Waals surface area contributed by atoms with Gasteiger partial charge in [-0.1, -0.05) is 80.4 Å². The number of carbonyl (C=O) groups excluding carboxylic acids is 1. The molecule has 9 atom stereocenters. The summed E-state index contributed by atoms with van der Waals surface area (Å²) in [7, 11) is 0. The van der Waals surface area contributed by atoms with Crippen molar-refractivity contribution in [1.82, 2.24) is 0 Å². The van der Waals surface area contributed by atoms with Crippen LogP contribution in [-0.2, 0) is 4.79 Å². The average Bonchev–Trinajstić information content (AvgIpc) is 2.67. The average molecular weight is 425 g/mol. The Bertz CT molecular complexity index is 822. The number of rotatable bonds is 0. The molecule has 174 valence electrons. The first-order valence-electron chi connectivity index (χ1n) is 13.5. The lowest BCUT2D eigenvalue weighted by molar-refractivity contribution is -0.214. The Balaban J connectivity index is 1.63. The molecule has 0 spiro atoms. The minimum Gasteiger partial charge on any atom is -0.299 e. The molecule has 0 N–H and O–H groups in total. The molecule has 0 amide bonds. The maximum absolute atomic E-state index is 14.2. The Hall–Kier alpha value is -0.590. The van der Waals surface area contributed by atoms with E-state index in [4.69, 9.17) is 0 Å². The number of fused-ring (bicyclic) bond motifs is 7. The van der Waals surface area contributed by atoms with E-state index in [1.807, 2.05) is 0 Å².